The molecule has 0 amide bonds. The number of alkyl halides is 1. The van der Waals surface area contributed by atoms with Crippen molar-refractivity contribution in [3.8, 4) is 11.5 Å². The lowest BCUT2D eigenvalue weighted by Gasteiger charge is -2.20. The molecule has 7 nitrogen and oxygen atoms in total. The number of nitrogens with one attached hydrogen (secondary N) is 1. The smallest absolute Gasteiger partial charge is 0.164 e. The van der Waals surface area contributed by atoms with E-state index in [1.807, 2.05) is 0 Å². The van der Waals surface area contributed by atoms with Gasteiger partial charge in [-0.1, -0.05) is 23.2 Å². The number of hydrogen-bond donors (Lipinski definition) is 1. The van der Waals surface area contributed by atoms with Crippen molar-refractivity contribution in [1.29, 1.82) is 0 Å². The Morgan fingerprint density at radius 1 is 1.06 bits per heavy atom. The maximum Gasteiger partial charge on any atom is 0.164 e. The van der Waals surface area contributed by atoms with E-state index in [1.165, 1.54) is 13.4 Å². The molecule has 0 radical (unpaired) electrons. The molecular formula is C21H18Cl2FN3O4. The van der Waals surface area contributed by atoms with Gasteiger partial charge in [-0.15, -0.1) is 0 Å². The monoisotopic (exact) mass is 465 g/mol. The molecule has 1 N–H and O–H groups in total. The zero-order valence-electron chi connectivity index (χ0n) is 16.3. The fourth-order valence-electron chi connectivity index (χ4n) is 3.82. The van der Waals surface area contributed by atoms with Crippen LogP contribution < -0.4 is 14.8 Å². The molecule has 3 heterocycles. The van der Waals surface area contributed by atoms with Gasteiger partial charge in [-0.25, -0.2) is 14.4 Å². The maximum absolute atomic E-state index is 13.8. The first-order valence-corrected chi connectivity index (χ1v) is 10.4. The van der Waals surface area contributed by atoms with Crippen LogP contribution in [0.4, 0.5) is 15.9 Å². The van der Waals surface area contributed by atoms with Gasteiger partial charge in [0.25, 0.3) is 0 Å². The fourth-order valence-corrected chi connectivity index (χ4v) is 4.15. The largest absolute Gasteiger partial charge is 0.493 e. The number of methoxy groups -OCH3 is 1. The third kappa shape index (κ3) is 3.85. The van der Waals surface area contributed by atoms with Gasteiger partial charge in [0.05, 0.1) is 36.6 Å². The van der Waals surface area contributed by atoms with E-state index in [2.05, 4.69) is 15.3 Å². The predicted octanol–water partition coefficient (Wildman–Crippen LogP) is 4.57. The number of aromatic nitrogens is 2. The minimum atomic E-state index is -1.14. The summed E-state index contributed by atoms with van der Waals surface area (Å²) in [4.78, 5) is 8.68. The molecule has 31 heavy (non-hydrogen) atoms. The van der Waals surface area contributed by atoms with Crippen molar-refractivity contribution in [2.75, 3.05) is 25.6 Å². The van der Waals surface area contributed by atoms with Crippen LogP contribution in [0, 0.1) is 0 Å². The number of halogens is 3. The second-order valence-corrected chi connectivity index (χ2v) is 8.10. The number of fused-ring (bicyclic) bond motifs is 2. The quantitative estimate of drug-likeness (QED) is 0.591. The van der Waals surface area contributed by atoms with Crippen molar-refractivity contribution in [1.82, 2.24) is 9.97 Å². The van der Waals surface area contributed by atoms with Gasteiger partial charge in [-0.05, 0) is 24.3 Å². The topological polar surface area (TPSA) is 74.7 Å². The summed E-state index contributed by atoms with van der Waals surface area (Å²) in [6, 6.07) is 8.63. The van der Waals surface area contributed by atoms with E-state index in [0.29, 0.717) is 44.0 Å². The van der Waals surface area contributed by atoms with Crippen molar-refractivity contribution in [2.45, 2.75) is 24.5 Å². The van der Waals surface area contributed by atoms with Gasteiger partial charge >= 0.3 is 0 Å². The Morgan fingerprint density at radius 3 is 2.74 bits per heavy atom. The molecule has 162 valence electrons. The van der Waals surface area contributed by atoms with Crippen molar-refractivity contribution in [3.63, 3.8) is 0 Å². The third-order valence-corrected chi connectivity index (χ3v) is 5.89. The molecule has 1 unspecified atom stereocenters. The Balaban J connectivity index is 1.47. The van der Waals surface area contributed by atoms with Crippen LogP contribution in [0.25, 0.3) is 10.9 Å². The molecule has 2 saturated heterocycles. The number of ether oxygens (including phenoxy) is 4. The summed E-state index contributed by atoms with van der Waals surface area (Å²) in [5.74, 6) is 1.46. The first-order valence-electron chi connectivity index (χ1n) is 9.62. The molecule has 5 rings (SSSR count). The average molecular weight is 466 g/mol. The van der Waals surface area contributed by atoms with E-state index in [9.17, 15) is 4.39 Å². The molecule has 0 spiro atoms. The van der Waals surface area contributed by atoms with Crippen LogP contribution in [0.2, 0.25) is 10.0 Å². The van der Waals surface area contributed by atoms with Crippen LogP contribution in [-0.2, 0) is 9.47 Å². The summed E-state index contributed by atoms with van der Waals surface area (Å²) in [5, 5.41) is 4.93. The Morgan fingerprint density at radius 2 is 1.90 bits per heavy atom. The summed E-state index contributed by atoms with van der Waals surface area (Å²) in [6.45, 7) is 0.249. The van der Waals surface area contributed by atoms with Gasteiger partial charge in [0.2, 0.25) is 0 Å². The van der Waals surface area contributed by atoms with Crippen LogP contribution in [0.3, 0.4) is 0 Å². The van der Waals surface area contributed by atoms with E-state index in [0.717, 1.165) is 0 Å². The molecule has 0 aliphatic carbocycles. The van der Waals surface area contributed by atoms with Gasteiger partial charge in [-0.2, -0.15) is 0 Å². The van der Waals surface area contributed by atoms with E-state index in [1.54, 1.807) is 30.3 Å². The Hall–Kier alpha value is -2.39. The van der Waals surface area contributed by atoms with Crippen LogP contribution >= 0.6 is 23.2 Å². The SMILES string of the molecule is COc1cc2c(Nc3cc(Cl)ccc3Cl)ncnc2cc1OC1CO[C@H]2[C@H](F)CO[C@@H]12. The molecule has 0 saturated carbocycles. The van der Waals surface area contributed by atoms with E-state index < -0.39 is 24.5 Å². The molecule has 3 aromatic rings. The van der Waals surface area contributed by atoms with Crippen molar-refractivity contribution in [2.24, 2.45) is 0 Å². The van der Waals surface area contributed by atoms with Gasteiger partial charge in [-0.3, -0.25) is 0 Å². The highest BCUT2D eigenvalue weighted by molar-refractivity contribution is 6.35. The van der Waals surface area contributed by atoms with Crippen LogP contribution in [0.15, 0.2) is 36.7 Å². The zero-order chi connectivity index (χ0) is 21.5. The standard InChI is InChI=1S/C21H18Cl2FN3O4/c1-28-16-5-11-14(6-17(16)31-18-8-30-19-13(24)7-29-20(18)19)25-9-26-21(11)27-15-4-10(22)2-3-12(15)23/h2-6,9,13,18-20H,7-8H2,1H3,(H,25,26,27)/t13-,18?,19+,20+/m1/s1. The lowest BCUT2D eigenvalue weighted by atomic mass is 10.1. The molecule has 1 aromatic heterocycles. The minimum Gasteiger partial charge on any atom is -0.493 e. The van der Waals surface area contributed by atoms with Gasteiger partial charge < -0.3 is 24.3 Å². The van der Waals surface area contributed by atoms with Crippen LogP contribution in [0.1, 0.15) is 0 Å². The summed E-state index contributed by atoms with van der Waals surface area (Å²) in [6.07, 6.45) is -1.21. The molecule has 2 fully saturated rings. The summed E-state index contributed by atoms with van der Waals surface area (Å²) in [5.41, 5.74) is 1.24. The predicted molar refractivity (Wildman–Crippen MR) is 115 cm³/mol. The van der Waals surface area contributed by atoms with E-state index >= 15 is 0 Å². The van der Waals surface area contributed by atoms with Gasteiger partial charge in [0.1, 0.15) is 24.4 Å². The third-order valence-electron chi connectivity index (χ3n) is 5.33. The molecular weight excluding hydrogens is 448 g/mol. The highest BCUT2D eigenvalue weighted by Gasteiger charge is 2.49. The normalized spacial score (nSPS) is 24.9. The lowest BCUT2D eigenvalue weighted by molar-refractivity contribution is 0.0271. The molecule has 2 aliphatic rings. The lowest BCUT2D eigenvalue weighted by Crippen LogP contribution is -2.33. The average Bonchev–Trinajstić information content (AvgIpc) is 3.33. The van der Waals surface area contributed by atoms with E-state index in [4.69, 9.17) is 42.1 Å². The van der Waals surface area contributed by atoms with Crippen LogP contribution in [-0.4, -0.2) is 54.8 Å². The second kappa shape index (κ2) is 8.27. The van der Waals surface area contributed by atoms with Crippen molar-refractivity contribution in [3.05, 3.63) is 46.7 Å². The molecule has 0 bridgehead atoms. The molecule has 10 heteroatoms. The molecule has 2 aliphatic heterocycles. The van der Waals surface area contributed by atoms with Gasteiger partial charge in [0, 0.05) is 16.5 Å². The second-order valence-electron chi connectivity index (χ2n) is 7.26. The van der Waals surface area contributed by atoms with Crippen molar-refractivity contribution < 1.29 is 23.3 Å². The molecule has 4 atom stereocenters. The summed E-state index contributed by atoms with van der Waals surface area (Å²) >= 11 is 12.4. The zero-order valence-corrected chi connectivity index (χ0v) is 17.9. The maximum atomic E-state index is 13.8. The Bertz CT molecular complexity index is 1140. The summed E-state index contributed by atoms with van der Waals surface area (Å²) in [7, 11) is 1.54. The number of hydrogen-bond acceptors (Lipinski definition) is 7. The Kier molecular flexibility index (Phi) is 5.47. The Labute approximate surface area is 187 Å². The van der Waals surface area contributed by atoms with E-state index in [-0.39, 0.29) is 13.2 Å². The fraction of sp³-hybridized carbons (Fsp3) is 0.333. The summed E-state index contributed by atoms with van der Waals surface area (Å²) < 4.78 is 36.5. The van der Waals surface area contributed by atoms with Crippen LogP contribution in [0.5, 0.6) is 11.5 Å². The number of rotatable bonds is 5. The number of benzene rings is 2. The highest BCUT2D eigenvalue weighted by atomic mass is 35.5. The number of anilines is 2. The minimum absolute atomic E-state index is 0.0123. The number of nitrogens with zero attached hydrogens (tertiary/aromatic N) is 2. The first-order chi connectivity index (χ1) is 15.0. The molecule has 2 aromatic carbocycles. The van der Waals surface area contributed by atoms with Crippen molar-refractivity contribution >= 4 is 45.6 Å². The highest BCUT2D eigenvalue weighted by Crippen LogP contribution is 2.38. The first kappa shape index (κ1) is 20.5. The van der Waals surface area contributed by atoms with Gasteiger partial charge in [0.15, 0.2) is 23.8 Å².